The highest BCUT2D eigenvalue weighted by Crippen LogP contribution is 2.36. The number of nitrogens with one attached hydrogen (secondary N) is 1. The Hall–Kier alpha value is -1.85. The van der Waals surface area contributed by atoms with Crippen LogP contribution in [0.4, 0.5) is 5.69 Å². The molecular weight excluding hydrogens is 322 g/mol. The van der Waals surface area contributed by atoms with E-state index in [-0.39, 0.29) is 5.91 Å². The largest absolute Gasteiger partial charge is 0.493 e. The zero-order valence-electron chi connectivity index (χ0n) is 12.5. The number of methoxy groups -OCH3 is 2. The van der Waals surface area contributed by atoms with Crippen molar-refractivity contribution in [1.29, 1.82) is 0 Å². The molecule has 22 heavy (non-hydrogen) atoms. The van der Waals surface area contributed by atoms with Gasteiger partial charge in [-0.2, -0.15) is 0 Å². The predicted molar refractivity (Wildman–Crippen MR) is 90.7 cm³/mol. The summed E-state index contributed by atoms with van der Waals surface area (Å²) in [5.74, 6) is 0.563. The van der Waals surface area contributed by atoms with E-state index in [1.807, 2.05) is 30.5 Å². The van der Waals surface area contributed by atoms with Gasteiger partial charge in [0.2, 0.25) is 0 Å². The number of hydrogen-bond donors (Lipinski definition) is 1. The number of amides is 1. The van der Waals surface area contributed by atoms with Crippen LogP contribution in [0.3, 0.4) is 0 Å². The zero-order valence-corrected chi connectivity index (χ0v) is 14.0. The van der Waals surface area contributed by atoms with Crippen LogP contribution in [-0.2, 0) is 0 Å². The number of anilines is 1. The highest BCUT2D eigenvalue weighted by atomic mass is 35.5. The van der Waals surface area contributed by atoms with E-state index >= 15 is 0 Å². The number of hydrogen-bond acceptors (Lipinski definition) is 4. The number of rotatable bonds is 5. The summed E-state index contributed by atoms with van der Waals surface area (Å²) >= 11 is 7.69. The van der Waals surface area contributed by atoms with Crippen molar-refractivity contribution in [3.63, 3.8) is 0 Å². The van der Waals surface area contributed by atoms with Crippen molar-refractivity contribution >= 4 is 35.0 Å². The van der Waals surface area contributed by atoms with Gasteiger partial charge in [-0.05, 0) is 30.5 Å². The number of para-hydroxylation sites is 1. The van der Waals surface area contributed by atoms with E-state index < -0.39 is 0 Å². The Balaban J connectivity index is 2.32. The zero-order chi connectivity index (χ0) is 16.1. The molecule has 4 nitrogen and oxygen atoms in total. The standard InChI is InChI=1S/C16H16ClNO3S/c1-20-13-9-10(8-11(17)15(13)21-2)16(19)18-12-6-4-5-7-14(12)22-3/h4-9H,1-3H3,(H,18,19). The minimum Gasteiger partial charge on any atom is -0.493 e. The summed E-state index contributed by atoms with van der Waals surface area (Å²) in [7, 11) is 3.00. The molecule has 0 saturated heterocycles. The van der Waals surface area contributed by atoms with E-state index in [0.717, 1.165) is 10.6 Å². The van der Waals surface area contributed by atoms with Gasteiger partial charge < -0.3 is 14.8 Å². The van der Waals surface area contributed by atoms with Gasteiger partial charge in [0.1, 0.15) is 0 Å². The highest BCUT2D eigenvalue weighted by Gasteiger charge is 2.16. The Labute approximate surface area is 138 Å². The van der Waals surface area contributed by atoms with Gasteiger partial charge >= 0.3 is 0 Å². The predicted octanol–water partition coefficient (Wildman–Crippen LogP) is 4.33. The average Bonchev–Trinajstić information content (AvgIpc) is 2.54. The lowest BCUT2D eigenvalue weighted by Gasteiger charge is -2.13. The van der Waals surface area contributed by atoms with E-state index in [0.29, 0.717) is 22.1 Å². The van der Waals surface area contributed by atoms with Gasteiger partial charge in [0, 0.05) is 10.5 Å². The van der Waals surface area contributed by atoms with E-state index in [2.05, 4.69) is 5.32 Å². The molecule has 1 N–H and O–H groups in total. The fourth-order valence-corrected chi connectivity index (χ4v) is 2.83. The molecular formula is C16H16ClNO3S. The third-order valence-electron chi connectivity index (χ3n) is 3.05. The normalized spacial score (nSPS) is 10.2. The molecule has 0 spiro atoms. The van der Waals surface area contributed by atoms with Crippen LogP contribution in [0.15, 0.2) is 41.3 Å². The highest BCUT2D eigenvalue weighted by molar-refractivity contribution is 7.98. The van der Waals surface area contributed by atoms with Gasteiger partial charge in [-0.25, -0.2) is 0 Å². The molecule has 0 aromatic heterocycles. The SMILES string of the molecule is COc1cc(C(=O)Nc2ccccc2SC)cc(Cl)c1OC. The van der Waals surface area contributed by atoms with Crippen molar-refractivity contribution in [3.05, 3.63) is 47.0 Å². The molecule has 0 fully saturated rings. The van der Waals surface area contributed by atoms with Crippen molar-refractivity contribution in [2.75, 3.05) is 25.8 Å². The van der Waals surface area contributed by atoms with Gasteiger partial charge in [-0.3, -0.25) is 4.79 Å². The summed E-state index contributed by atoms with van der Waals surface area (Å²) in [4.78, 5) is 13.4. The molecule has 0 heterocycles. The van der Waals surface area contributed by atoms with Gasteiger partial charge in [0.15, 0.2) is 11.5 Å². The third kappa shape index (κ3) is 3.48. The smallest absolute Gasteiger partial charge is 0.255 e. The van der Waals surface area contributed by atoms with Crippen molar-refractivity contribution in [2.24, 2.45) is 0 Å². The van der Waals surface area contributed by atoms with Gasteiger partial charge in [0.05, 0.1) is 24.9 Å². The van der Waals surface area contributed by atoms with Gasteiger partial charge in [0.25, 0.3) is 5.91 Å². The first-order chi connectivity index (χ1) is 10.6. The molecule has 1 amide bonds. The van der Waals surface area contributed by atoms with E-state index in [9.17, 15) is 4.79 Å². The van der Waals surface area contributed by atoms with Crippen LogP contribution in [0.1, 0.15) is 10.4 Å². The van der Waals surface area contributed by atoms with Crippen LogP contribution >= 0.6 is 23.4 Å². The first-order valence-corrected chi connectivity index (χ1v) is 8.06. The number of thioether (sulfide) groups is 1. The summed E-state index contributed by atoms with van der Waals surface area (Å²) in [6.45, 7) is 0. The van der Waals surface area contributed by atoms with Crippen molar-refractivity contribution in [1.82, 2.24) is 0 Å². The molecule has 0 atom stereocenters. The van der Waals surface area contributed by atoms with Crippen LogP contribution < -0.4 is 14.8 Å². The van der Waals surface area contributed by atoms with E-state index in [1.54, 1.807) is 23.9 Å². The summed E-state index contributed by atoms with van der Waals surface area (Å²) in [5.41, 5.74) is 1.16. The molecule has 0 radical (unpaired) electrons. The van der Waals surface area contributed by atoms with Crippen LogP contribution in [0.5, 0.6) is 11.5 Å². The number of ether oxygens (including phenoxy) is 2. The minimum atomic E-state index is -0.260. The summed E-state index contributed by atoms with van der Waals surface area (Å²) in [6, 6.07) is 10.8. The second kappa shape index (κ2) is 7.42. The number of benzene rings is 2. The molecule has 2 rings (SSSR count). The summed E-state index contributed by atoms with van der Waals surface area (Å²) in [6.07, 6.45) is 1.96. The van der Waals surface area contributed by atoms with Crippen LogP contribution in [-0.4, -0.2) is 26.4 Å². The maximum absolute atomic E-state index is 12.4. The van der Waals surface area contributed by atoms with E-state index in [4.69, 9.17) is 21.1 Å². The molecule has 6 heteroatoms. The second-order valence-corrected chi connectivity index (χ2v) is 5.60. The molecule has 0 aliphatic rings. The summed E-state index contributed by atoms with van der Waals surface area (Å²) < 4.78 is 10.4. The molecule has 2 aromatic rings. The first-order valence-electron chi connectivity index (χ1n) is 6.46. The van der Waals surface area contributed by atoms with Crippen molar-refractivity contribution < 1.29 is 14.3 Å². The molecule has 0 unspecified atom stereocenters. The van der Waals surface area contributed by atoms with E-state index in [1.165, 1.54) is 14.2 Å². The van der Waals surface area contributed by atoms with Gasteiger partial charge in [-0.1, -0.05) is 23.7 Å². The lowest BCUT2D eigenvalue weighted by molar-refractivity contribution is 0.102. The number of carbonyl (C=O) groups is 1. The maximum Gasteiger partial charge on any atom is 0.255 e. The minimum absolute atomic E-state index is 0.260. The topological polar surface area (TPSA) is 47.6 Å². The fraction of sp³-hybridized carbons (Fsp3) is 0.188. The maximum atomic E-state index is 12.4. The first kappa shape index (κ1) is 16.5. The molecule has 0 aliphatic carbocycles. The Morgan fingerprint density at radius 2 is 1.91 bits per heavy atom. The Kier molecular flexibility index (Phi) is 5.57. The Morgan fingerprint density at radius 3 is 2.55 bits per heavy atom. The van der Waals surface area contributed by atoms with Gasteiger partial charge in [-0.15, -0.1) is 11.8 Å². The number of halogens is 1. The molecule has 116 valence electrons. The molecule has 0 bridgehead atoms. The fourth-order valence-electron chi connectivity index (χ4n) is 1.99. The van der Waals surface area contributed by atoms with Crippen LogP contribution in [0, 0.1) is 0 Å². The molecule has 0 saturated carbocycles. The lowest BCUT2D eigenvalue weighted by Crippen LogP contribution is -2.13. The lowest BCUT2D eigenvalue weighted by atomic mass is 10.1. The number of carbonyl (C=O) groups excluding carboxylic acids is 1. The van der Waals surface area contributed by atoms with Crippen LogP contribution in [0.2, 0.25) is 5.02 Å². The van der Waals surface area contributed by atoms with Crippen molar-refractivity contribution in [3.8, 4) is 11.5 Å². The van der Waals surface area contributed by atoms with Crippen LogP contribution in [0.25, 0.3) is 0 Å². The third-order valence-corrected chi connectivity index (χ3v) is 4.13. The Bertz CT molecular complexity index is 691. The van der Waals surface area contributed by atoms with Crippen molar-refractivity contribution in [2.45, 2.75) is 4.90 Å². The monoisotopic (exact) mass is 337 g/mol. The second-order valence-electron chi connectivity index (χ2n) is 4.35. The molecule has 2 aromatic carbocycles. The summed E-state index contributed by atoms with van der Waals surface area (Å²) in [5, 5.41) is 3.20. The molecule has 0 aliphatic heterocycles. The average molecular weight is 338 g/mol. The quantitative estimate of drug-likeness (QED) is 0.825. The Morgan fingerprint density at radius 1 is 1.18 bits per heavy atom.